The van der Waals surface area contributed by atoms with Crippen molar-refractivity contribution < 1.29 is 13.2 Å². The number of nitriles is 1. The van der Waals surface area contributed by atoms with Crippen LogP contribution in [0.3, 0.4) is 0 Å². The van der Waals surface area contributed by atoms with Gasteiger partial charge in [-0.05, 0) is 42.0 Å². The molecule has 1 fully saturated rings. The van der Waals surface area contributed by atoms with E-state index in [0.717, 1.165) is 20.8 Å². The Morgan fingerprint density at radius 2 is 2.00 bits per heavy atom. The maximum absolute atomic E-state index is 13.9. The molecular formula is C29H28ClF3N8S. The predicted molar refractivity (Wildman–Crippen MR) is 160 cm³/mol. The Bertz CT molecular complexity index is 1750. The van der Waals surface area contributed by atoms with Crippen molar-refractivity contribution in [1.82, 2.24) is 25.9 Å². The molecule has 4 N–H and O–H groups in total. The van der Waals surface area contributed by atoms with E-state index in [4.69, 9.17) is 11.6 Å². The van der Waals surface area contributed by atoms with Crippen molar-refractivity contribution in [2.24, 2.45) is 5.41 Å². The summed E-state index contributed by atoms with van der Waals surface area (Å²) in [6, 6.07) is 10.9. The van der Waals surface area contributed by atoms with Crippen LogP contribution in [0.5, 0.6) is 0 Å². The third-order valence-corrected chi connectivity index (χ3v) is 8.64. The van der Waals surface area contributed by atoms with Gasteiger partial charge in [0, 0.05) is 30.0 Å². The van der Waals surface area contributed by atoms with Crippen LogP contribution in [-0.2, 0) is 0 Å². The molecule has 218 valence electrons. The first-order valence-corrected chi connectivity index (χ1v) is 14.6. The van der Waals surface area contributed by atoms with Crippen molar-refractivity contribution in [3.8, 4) is 6.07 Å². The number of nitrogens with zero attached hydrogens (tertiary/aromatic N) is 4. The third-order valence-electron chi connectivity index (χ3n) is 7.46. The second-order valence-electron chi connectivity index (χ2n) is 11.8. The second-order valence-corrected chi connectivity index (χ2v) is 13.0. The smallest absolute Gasteiger partial charge is 0.383 e. The quantitative estimate of drug-likeness (QED) is 0.173. The highest BCUT2D eigenvalue weighted by atomic mass is 35.5. The van der Waals surface area contributed by atoms with E-state index >= 15 is 0 Å². The second kappa shape index (κ2) is 10.2. The van der Waals surface area contributed by atoms with Crippen LogP contribution in [0.2, 0.25) is 5.02 Å². The monoisotopic (exact) mass is 612 g/mol. The molecule has 2 aromatic carbocycles. The normalized spacial score (nSPS) is 17.1. The summed E-state index contributed by atoms with van der Waals surface area (Å²) in [7, 11) is 0. The van der Waals surface area contributed by atoms with Gasteiger partial charge in [0.05, 0.1) is 49.3 Å². The van der Waals surface area contributed by atoms with Crippen molar-refractivity contribution in [2.45, 2.75) is 51.4 Å². The van der Waals surface area contributed by atoms with Crippen molar-refractivity contribution in [1.29, 1.82) is 5.26 Å². The van der Waals surface area contributed by atoms with E-state index in [1.165, 1.54) is 23.7 Å². The van der Waals surface area contributed by atoms with Crippen molar-refractivity contribution >= 4 is 55.4 Å². The van der Waals surface area contributed by atoms with E-state index in [1.54, 1.807) is 11.6 Å². The fourth-order valence-electron chi connectivity index (χ4n) is 5.08. The Hall–Kier alpha value is -3.79. The fraction of sp³-hybridized carbons (Fsp3) is 0.345. The first-order valence-electron chi connectivity index (χ1n) is 13.3. The van der Waals surface area contributed by atoms with E-state index in [9.17, 15) is 18.4 Å². The van der Waals surface area contributed by atoms with E-state index in [1.807, 2.05) is 24.3 Å². The number of nitrogens with one attached hydrogen (secondary N) is 4. The molecule has 13 heteroatoms. The topological polar surface area (TPSA) is 101 Å². The molecular weight excluding hydrogens is 585 g/mol. The highest BCUT2D eigenvalue weighted by molar-refractivity contribution is 7.17. The van der Waals surface area contributed by atoms with Crippen molar-refractivity contribution in [3.05, 3.63) is 70.1 Å². The summed E-state index contributed by atoms with van der Waals surface area (Å²) in [5.41, 5.74) is 9.70. The highest BCUT2D eigenvalue weighted by Crippen LogP contribution is 2.54. The minimum absolute atomic E-state index is 0.0103. The summed E-state index contributed by atoms with van der Waals surface area (Å²) in [4.78, 5) is 8.86. The van der Waals surface area contributed by atoms with Gasteiger partial charge in [-0.1, -0.05) is 44.5 Å². The lowest BCUT2D eigenvalue weighted by molar-refractivity contribution is -0.195. The molecule has 1 aliphatic carbocycles. The van der Waals surface area contributed by atoms with E-state index in [0.29, 0.717) is 45.1 Å². The Labute approximate surface area is 249 Å². The van der Waals surface area contributed by atoms with Gasteiger partial charge in [0.15, 0.2) is 5.54 Å². The number of hydrogen-bond acceptors (Lipinski definition) is 9. The van der Waals surface area contributed by atoms with Crippen LogP contribution in [0.25, 0.3) is 21.1 Å². The molecule has 6 rings (SSSR count). The molecule has 0 saturated heterocycles. The van der Waals surface area contributed by atoms with Gasteiger partial charge >= 0.3 is 6.18 Å². The fourth-order valence-corrected chi connectivity index (χ4v) is 6.19. The minimum Gasteiger partial charge on any atom is -0.383 e. The number of aromatic nitrogens is 2. The summed E-state index contributed by atoms with van der Waals surface area (Å²) in [5, 5.41) is 18.9. The molecule has 1 aliphatic heterocycles. The number of thiazole rings is 1. The molecule has 1 saturated carbocycles. The predicted octanol–water partition coefficient (Wildman–Crippen LogP) is 7.24. The molecule has 42 heavy (non-hydrogen) atoms. The summed E-state index contributed by atoms with van der Waals surface area (Å²) in [5.74, 6) is 0. The first kappa shape index (κ1) is 28.3. The summed E-state index contributed by atoms with van der Waals surface area (Å²) < 4.78 is 42.7. The molecule has 0 radical (unpaired) electrons. The van der Waals surface area contributed by atoms with Gasteiger partial charge in [-0.2, -0.15) is 18.4 Å². The van der Waals surface area contributed by atoms with Crippen LogP contribution in [-0.4, -0.2) is 33.2 Å². The van der Waals surface area contributed by atoms with Gasteiger partial charge < -0.3 is 16.1 Å². The number of hydrazine groups is 2. The number of halogens is 4. The largest absolute Gasteiger partial charge is 0.413 e. The number of anilines is 2. The molecule has 0 spiro atoms. The molecule has 4 aromatic rings. The van der Waals surface area contributed by atoms with Gasteiger partial charge in [-0.3, -0.25) is 9.99 Å². The highest BCUT2D eigenvalue weighted by Gasteiger charge is 2.67. The van der Waals surface area contributed by atoms with Crippen LogP contribution in [0.15, 0.2) is 53.9 Å². The van der Waals surface area contributed by atoms with Crippen molar-refractivity contribution in [3.63, 3.8) is 0 Å². The molecule has 2 aromatic heterocycles. The lowest BCUT2D eigenvalue weighted by Gasteiger charge is -2.28. The molecule has 3 heterocycles. The number of alkyl halides is 3. The van der Waals surface area contributed by atoms with E-state index in [2.05, 4.69) is 58.4 Å². The Morgan fingerprint density at radius 3 is 2.69 bits per heavy atom. The molecule has 0 unspecified atom stereocenters. The van der Waals surface area contributed by atoms with Crippen LogP contribution in [0.4, 0.5) is 24.5 Å². The Morgan fingerprint density at radius 1 is 1.21 bits per heavy atom. The van der Waals surface area contributed by atoms with Crippen LogP contribution in [0.1, 0.15) is 50.8 Å². The van der Waals surface area contributed by atoms with Crippen LogP contribution in [0, 0.1) is 16.7 Å². The number of hydrogen-bond donors (Lipinski definition) is 4. The minimum atomic E-state index is -4.39. The average Bonchev–Trinajstić information content (AvgIpc) is 3.37. The zero-order valence-corrected chi connectivity index (χ0v) is 24.6. The van der Waals surface area contributed by atoms with E-state index < -0.39 is 17.8 Å². The Kier molecular flexibility index (Phi) is 6.87. The van der Waals surface area contributed by atoms with Crippen LogP contribution < -0.4 is 21.6 Å². The number of fused-ring (bicyclic) bond motifs is 2. The van der Waals surface area contributed by atoms with Gasteiger partial charge in [-0.15, -0.1) is 16.9 Å². The van der Waals surface area contributed by atoms with Gasteiger partial charge in [0.2, 0.25) is 0 Å². The molecule has 0 bridgehead atoms. The number of pyridine rings is 1. The lowest BCUT2D eigenvalue weighted by atomic mass is 9.96. The molecule has 1 atom stereocenters. The maximum Gasteiger partial charge on any atom is 0.413 e. The lowest BCUT2D eigenvalue weighted by Crippen LogP contribution is -2.52. The van der Waals surface area contributed by atoms with Crippen molar-refractivity contribution in [2.75, 3.05) is 17.2 Å². The number of benzene rings is 2. The first-order chi connectivity index (χ1) is 19.9. The molecule has 2 aliphatic rings. The molecule has 0 amide bonds. The van der Waals surface area contributed by atoms with Crippen LogP contribution >= 0.6 is 22.9 Å². The van der Waals surface area contributed by atoms with Gasteiger partial charge in [-0.25, -0.2) is 4.98 Å². The average molecular weight is 613 g/mol. The van der Waals surface area contributed by atoms with E-state index in [-0.39, 0.29) is 18.3 Å². The summed E-state index contributed by atoms with van der Waals surface area (Å²) in [6.45, 7) is 6.87. The third kappa shape index (κ3) is 5.06. The Balaban J connectivity index is 1.45. The molecule has 8 nitrogen and oxygen atoms in total. The number of rotatable bonds is 7. The van der Waals surface area contributed by atoms with Gasteiger partial charge in [0.1, 0.15) is 6.07 Å². The standard InChI is InChI=1S/C29H28ClF3N8S/c1-27(2,3)14-36-23-16(11-34)12-35-24-19(23)9-17(10-20(24)30)38-25(18-5-4-6-21-26(18)42-15-37-21)22-13-41(40-39-22)28(7-8-28)29(31,32)33/h4-6,9-10,12-13,15,25,38-40H,7-8,14H2,1-3H3,(H,35,36)/t25-/m0/s1. The maximum atomic E-state index is 13.9. The zero-order chi connectivity index (χ0) is 29.9. The zero-order valence-electron chi connectivity index (χ0n) is 23.0. The SMILES string of the molecule is CC(C)(C)CNc1c(C#N)cnc2c(Cl)cc(N[C@H](C3=CN(C4(C(F)(F)F)CC4)NN3)c3cccc4ncsc34)cc12. The van der Waals surface area contributed by atoms with Gasteiger partial charge in [0.25, 0.3) is 0 Å². The summed E-state index contributed by atoms with van der Waals surface area (Å²) in [6.07, 6.45) is -1.39. The summed E-state index contributed by atoms with van der Waals surface area (Å²) >= 11 is 8.19.